The molecule has 13 heavy (non-hydrogen) atoms. The van der Waals surface area contributed by atoms with E-state index < -0.39 is 0 Å². The van der Waals surface area contributed by atoms with Crippen molar-refractivity contribution in [2.24, 2.45) is 5.92 Å². The van der Waals surface area contributed by atoms with E-state index in [4.69, 9.17) is 4.74 Å². The highest BCUT2D eigenvalue weighted by atomic mass is 127. The molecule has 0 unspecified atom stereocenters. The maximum atomic E-state index is 11.2. The van der Waals surface area contributed by atoms with Gasteiger partial charge in [0.05, 0.1) is 0 Å². The van der Waals surface area contributed by atoms with E-state index in [1.165, 1.54) is 0 Å². The summed E-state index contributed by atoms with van der Waals surface area (Å²) in [6.45, 7) is 3.85. The van der Waals surface area contributed by atoms with Crippen LogP contribution in [0, 0.1) is 5.92 Å². The SMILES string of the molecule is CC1=CC[C@@H]([C@@H](C)/C=C/I)OC1=O. The Balaban J connectivity index is 2.62. The van der Waals surface area contributed by atoms with Crippen molar-refractivity contribution in [2.75, 3.05) is 0 Å². The average molecular weight is 292 g/mol. The Kier molecular flexibility index (Phi) is 3.96. The molecule has 0 fully saturated rings. The topological polar surface area (TPSA) is 26.3 Å². The molecule has 0 aliphatic carbocycles. The van der Waals surface area contributed by atoms with Crippen molar-refractivity contribution < 1.29 is 9.53 Å². The van der Waals surface area contributed by atoms with Gasteiger partial charge in [0.1, 0.15) is 6.10 Å². The molecule has 0 amide bonds. The quantitative estimate of drug-likeness (QED) is 0.578. The molecule has 0 saturated carbocycles. The number of carbonyl (C=O) groups is 1. The number of carbonyl (C=O) groups excluding carboxylic acids is 1. The van der Waals surface area contributed by atoms with Gasteiger partial charge in [-0.1, -0.05) is 41.7 Å². The second-order valence-electron chi connectivity index (χ2n) is 3.24. The van der Waals surface area contributed by atoms with E-state index in [9.17, 15) is 4.79 Å². The Morgan fingerprint density at radius 3 is 3.00 bits per heavy atom. The monoisotopic (exact) mass is 292 g/mol. The molecule has 0 aromatic carbocycles. The fourth-order valence-corrected chi connectivity index (χ4v) is 1.87. The lowest BCUT2D eigenvalue weighted by Crippen LogP contribution is -2.27. The minimum atomic E-state index is -0.176. The Labute approximate surface area is 92.2 Å². The molecule has 1 rings (SSSR count). The second-order valence-corrected chi connectivity index (χ2v) is 3.96. The van der Waals surface area contributed by atoms with Crippen LogP contribution in [0.4, 0.5) is 0 Å². The van der Waals surface area contributed by atoms with Crippen LogP contribution >= 0.6 is 22.6 Å². The smallest absolute Gasteiger partial charge is 0.333 e. The third-order valence-corrected chi connectivity index (χ3v) is 2.61. The first-order chi connectivity index (χ1) is 6.15. The van der Waals surface area contributed by atoms with Crippen LogP contribution in [0.3, 0.4) is 0 Å². The van der Waals surface area contributed by atoms with Gasteiger partial charge in [-0.25, -0.2) is 4.79 Å². The molecule has 0 radical (unpaired) electrons. The van der Waals surface area contributed by atoms with Crippen LogP contribution < -0.4 is 0 Å². The van der Waals surface area contributed by atoms with E-state index in [1.807, 2.05) is 16.2 Å². The standard InChI is InChI=1S/C10H13IO2/c1-7(5-6-11)9-4-3-8(2)10(12)13-9/h3,5-7,9H,4H2,1-2H3/b6-5+/t7-,9-/m0/s1. The van der Waals surface area contributed by atoms with Crippen molar-refractivity contribution in [1.29, 1.82) is 0 Å². The number of rotatable bonds is 2. The van der Waals surface area contributed by atoms with Crippen LogP contribution in [0.2, 0.25) is 0 Å². The summed E-state index contributed by atoms with van der Waals surface area (Å²) >= 11 is 2.17. The third kappa shape index (κ3) is 2.83. The van der Waals surface area contributed by atoms with Crippen molar-refractivity contribution in [3.05, 3.63) is 21.8 Å². The van der Waals surface area contributed by atoms with Gasteiger partial charge in [0, 0.05) is 17.9 Å². The van der Waals surface area contributed by atoms with E-state index >= 15 is 0 Å². The van der Waals surface area contributed by atoms with Crippen molar-refractivity contribution in [3.8, 4) is 0 Å². The molecule has 1 aliphatic rings. The summed E-state index contributed by atoms with van der Waals surface area (Å²) in [5.74, 6) is 0.121. The predicted octanol–water partition coefficient (Wildman–Crippen LogP) is 2.83. The van der Waals surface area contributed by atoms with Gasteiger partial charge in [0.2, 0.25) is 0 Å². The number of esters is 1. The second kappa shape index (κ2) is 4.79. The van der Waals surface area contributed by atoms with Crippen molar-refractivity contribution in [2.45, 2.75) is 26.4 Å². The number of halogens is 1. The lowest BCUT2D eigenvalue weighted by Gasteiger charge is -2.24. The fraction of sp³-hybridized carbons (Fsp3) is 0.500. The van der Waals surface area contributed by atoms with Gasteiger partial charge in [-0.2, -0.15) is 0 Å². The summed E-state index contributed by atoms with van der Waals surface area (Å²) in [4.78, 5) is 11.2. The Bertz CT molecular complexity index is 256. The summed E-state index contributed by atoms with van der Waals surface area (Å²) in [5.41, 5.74) is 0.724. The van der Waals surface area contributed by atoms with E-state index in [0.717, 1.165) is 12.0 Å². The molecule has 2 nitrogen and oxygen atoms in total. The molecule has 0 aromatic heterocycles. The van der Waals surface area contributed by atoms with E-state index in [2.05, 4.69) is 29.5 Å². The van der Waals surface area contributed by atoms with Crippen LogP contribution in [-0.4, -0.2) is 12.1 Å². The predicted molar refractivity (Wildman–Crippen MR) is 60.6 cm³/mol. The van der Waals surface area contributed by atoms with Crippen molar-refractivity contribution >= 4 is 28.6 Å². The lowest BCUT2D eigenvalue weighted by molar-refractivity contribution is -0.147. The van der Waals surface area contributed by atoms with Crippen molar-refractivity contribution in [1.82, 2.24) is 0 Å². The minimum absolute atomic E-state index is 0.0159. The zero-order valence-electron chi connectivity index (χ0n) is 7.79. The first-order valence-electron chi connectivity index (χ1n) is 4.29. The van der Waals surface area contributed by atoms with Crippen LogP contribution in [0.25, 0.3) is 0 Å². The Morgan fingerprint density at radius 2 is 2.46 bits per heavy atom. The van der Waals surface area contributed by atoms with Gasteiger partial charge in [-0.15, -0.1) is 0 Å². The van der Waals surface area contributed by atoms with Crippen LogP contribution in [0.15, 0.2) is 21.8 Å². The van der Waals surface area contributed by atoms with E-state index in [-0.39, 0.29) is 12.1 Å². The summed E-state index contributed by atoms with van der Waals surface area (Å²) in [7, 11) is 0. The fourth-order valence-electron chi connectivity index (χ4n) is 1.22. The van der Waals surface area contributed by atoms with Crippen LogP contribution in [-0.2, 0) is 9.53 Å². The third-order valence-electron chi connectivity index (χ3n) is 2.20. The zero-order chi connectivity index (χ0) is 9.84. The summed E-state index contributed by atoms with van der Waals surface area (Å²) in [6, 6.07) is 0. The lowest BCUT2D eigenvalue weighted by atomic mass is 9.99. The van der Waals surface area contributed by atoms with Gasteiger partial charge >= 0.3 is 5.97 Å². The summed E-state index contributed by atoms with van der Waals surface area (Å²) in [5, 5.41) is 0. The molecule has 1 heterocycles. The number of hydrogen-bond donors (Lipinski definition) is 0. The molecule has 0 aromatic rings. The highest BCUT2D eigenvalue weighted by molar-refractivity contribution is 14.1. The molecule has 0 N–H and O–H groups in total. The number of cyclic esters (lactones) is 1. The zero-order valence-corrected chi connectivity index (χ0v) is 9.95. The molecule has 0 bridgehead atoms. The molecular weight excluding hydrogens is 279 g/mol. The minimum Gasteiger partial charge on any atom is -0.458 e. The van der Waals surface area contributed by atoms with Gasteiger partial charge in [0.15, 0.2) is 0 Å². The molecule has 0 saturated heterocycles. The Hall–Kier alpha value is -0.320. The van der Waals surface area contributed by atoms with Gasteiger partial charge in [-0.3, -0.25) is 0 Å². The van der Waals surface area contributed by atoms with Gasteiger partial charge in [-0.05, 0) is 11.0 Å². The maximum Gasteiger partial charge on any atom is 0.333 e. The van der Waals surface area contributed by atoms with E-state index in [1.54, 1.807) is 6.92 Å². The van der Waals surface area contributed by atoms with Gasteiger partial charge < -0.3 is 4.74 Å². The number of hydrogen-bond acceptors (Lipinski definition) is 2. The molecule has 0 spiro atoms. The normalized spacial score (nSPS) is 25.6. The Morgan fingerprint density at radius 1 is 1.77 bits per heavy atom. The molecular formula is C10H13IO2. The first kappa shape index (κ1) is 10.8. The molecule has 2 atom stereocenters. The van der Waals surface area contributed by atoms with Crippen molar-refractivity contribution in [3.63, 3.8) is 0 Å². The molecule has 72 valence electrons. The van der Waals surface area contributed by atoms with Crippen LogP contribution in [0.1, 0.15) is 20.3 Å². The highest BCUT2D eigenvalue weighted by Gasteiger charge is 2.23. The van der Waals surface area contributed by atoms with Gasteiger partial charge in [0.25, 0.3) is 0 Å². The number of ether oxygens (including phenoxy) is 1. The molecule has 3 heteroatoms. The maximum absolute atomic E-state index is 11.2. The first-order valence-corrected chi connectivity index (χ1v) is 5.54. The van der Waals surface area contributed by atoms with E-state index in [0.29, 0.717) is 5.92 Å². The summed E-state index contributed by atoms with van der Waals surface area (Å²) in [6.07, 6.45) is 4.85. The average Bonchev–Trinajstić information content (AvgIpc) is 2.10. The van der Waals surface area contributed by atoms with Crippen LogP contribution in [0.5, 0.6) is 0 Å². The highest BCUT2D eigenvalue weighted by Crippen LogP contribution is 2.21. The largest absolute Gasteiger partial charge is 0.458 e. The summed E-state index contributed by atoms with van der Waals surface area (Å²) < 4.78 is 7.21. The molecule has 1 aliphatic heterocycles.